The average molecular weight is 407 g/mol. The van der Waals surface area contributed by atoms with Crippen LogP contribution in [0.1, 0.15) is 25.8 Å². The number of benzene rings is 1. The molecule has 0 bridgehead atoms. The van der Waals surface area contributed by atoms with E-state index in [0.717, 1.165) is 5.56 Å². The highest BCUT2D eigenvalue weighted by atomic mass is 35.5. The van der Waals surface area contributed by atoms with Gasteiger partial charge in [0.15, 0.2) is 0 Å². The summed E-state index contributed by atoms with van der Waals surface area (Å²) in [5.74, 6) is -0.145. The van der Waals surface area contributed by atoms with Crippen molar-refractivity contribution in [2.45, 2.75) is 38.8 Å². The molecule has 2 rings (SSSR count). The van der Waals surface area contributed by atoms with E-state index in [1.165, 1.54) is 0 Å². The summed E-state index contributed by atoms with van der Waals surface area (Å²) in [4.78, 5) is 26.9. The highest BCUT2D eigenvalue weighted by Crippen LogP contribution is 2.12. The number of nitriles is 1. The lowest BCUT2D eigenvalue weighted by molar-refractivity contribution is -0.123. The van der Waals surface area contributed by atoms with Crippen LogP contribution in [0.5, 0.6) is 0 Å². The zero-order valence-corrected chi connectivity index (χ0v) is 17.0. The molecule has 0 unspecified atom stereocenters. The van der Waals surface area contributed by atoms with Gasteiger partial charge in [-0.15, -0.1) is 0 Å². The largest absolute Gasteiger partial charge is 0.378 e. The maximum absolute atomic E-state index is 12.8. The van der Waals surface area contributed by atoms with E-state index >= 15 is 0 Å². The quantitative estimate of drug-likeness (QED) is 0.726. The third kappa shape index (κ3) is 7.02. The van der Waals surface area contributed by atoms with Crippen molar-refractivity contribution >= 4 is 23.5 Å². The van der Waals surface area contributed by atoms with E-state index in [1.807, 2.05) is 26.0 Å². The van der Waals surface area contributed by atoms with E-state index in [9.17, 15) is 14.9 Å². The molecule has 2 atom stereocenters. The molecule has 1 saturated heterocycles. The number of rotatable bonds is 7. The Morgan fingerprint density at radius 1 is 1.21 bits per heavy atom. The molecule has 0 aliphatic carbocycles. The number of hydrogen-bond acceptors (Lipinski definition) is 4. The van der Waals surface area contributed by atoms with E-state index in [2.05, 4.69) is 16.7 Å². The van der Waals surface area contributed by atoms with Crippen LogP contribution in [0.15, 0.2) is 24.3 Å². The summed E-state index contributed by atoms with van der Waals surface area (Å²) in [6.45, 7) is 5.95. The molecule has 28 heavy (non-hydrogen) atoms. The van der Waals surface area contributed by atoms with Crippen molar-refractivity contribution < 1.29 is 14.3 Å². The van der Waals surface area contributed by atoms with Gasteiger partial charge < -0.3 is 20.3 Å². The Hall–Kier alpha value is -2.30. The molecule has 0 radical (unpaired) electrons. The van der Waals surface area contributed by atoms with Crippen molar-refractivity contribution in [3.63, 3.8) is 0 Å². The summed E-state index contributed by atoms with van der Waals surface area (Å²) in [7, 11) is 0. The number of halogens is 1. The van der Waals surface area contributed by atoms with Crippen molar-refractivity contribution in [2.24, 2.45) is 5.92 Å². The lowest BCUT2D eigenvalue weighted by Crippen LogP contribution is -2.55. The molecule has 152 valence electrons. The molecule has 0 saturated carbocycles. The number of morpholine rings is 1. The first-order valence-corrected chi connectivity index (χ1v) is 9.84. The first-order valence-electron chi connectivity index (χ1n) is 9.46. The molecule has 3 amide bonds. The number of carbonyl (C=O) groups excluding carboxylic acids is 2. The number of hydrogen-bond donors (Lipinski definition) is 2. The number of carbonyl (C=O) groups is 2. The minimum absolute atomic E-state index is 0.206. The summed E-state index contributed by atoms with van der Waals surface area (Å²) < 4.78 is 5.25. The third-order valence-corrected chi connectivity index (χ3v) is 4.70. The Morgan fingerprint density at radius 2 is 1.86 bits per heavy atom. The molecule has 1 heterocycles. The van der Waals surface area contributed by atoms with Crippen molar-refractivity contribution in [1.82, 2.24) is 15.5 Å². The molecule has 1 aliphatic rings. The average Bonchev–Trinajstić information content (AvgIpc) is 2.68. The fourth-order valence-electron chi connectivity index (χ4n) is 2.97. The van der Waals surface area contributed by atoms with E-state index in [1.54, 1.807) is 17.0 Å². The van der Waals surface area contributed by atoms with Gasteiger partial charge in [0.1, 0.15) is 12.1 Å². The smallest absolute Gasteiger partial charge is 0.318 e. The molecule has 7 nitrogen and oxygen atoms in total. The van der Waals surface area contributed by atoms with Crippen molar-refractivity contribution in [1.29, 1.82) is 5.26 Å². The highest BCUT2D eigenvalue weighted by Gasteiger charge is 2.27. The fourth-order valence-corrected chi connectivity index (χ4v) is 3.09. The molecule has 1 aromatic rings. The number of ether oxygens (including phenoxy) is 1. The SMILES string of the molecule is CC(C)C[C@H](NC(=O)N1CCOCC1)C(=O)N[C@H](C#N)Cc1ccc(Cl)cc1. The van der Waals surface area contributed by atoms with Crippen LogP contribution in [0.25, 0.3) is 0 Å². The molecule has 0 spiro atoms. The number of amides is 3. The molecule has 1 aliphatic heterocycles. The first kappa shape index (κ1) is 22.0. The van der Waals surface area contributed by atoms with Gasteiger partial charge in [0.05, 0.1) is 19.3 Å². The van der Waals surface area contributed by atoms with Gasteiger partial charge in [-0.05, 0) is 30.0 Å². The Morgan fingerprint density at radius 3 is 2.43 bits per heavy atom. The van der Waals surface area contributed by atoms with Gasteiger partial charge >= 0.3 is 6.03 Å². The highest BCUT2D eigenvalue weighted by molar-refractivity contribution is 6.30. The Bertz CT molecular complexity index is 696. The predicted octanol–water partition coefficient (Wildman–Crippen LogP) is 2.35. The summed E-state index contributed by atoms with van der Waals surface area (Å²) in [6.07, 6.45) is 0.853. The molecule has 2 N–H and O–H groups in total. The van der Waals surface area contributed by atoms with Crippen LogP contribution < -0.4 is 10.6 Å². The van der Waals surface area contributed by atoms with Crippen LogP contribution >= 0.6 is 11.6 Å². The number of nitrogens with zero attached hydrogens (tertiary/aromatic N) is 2. The van der Waals surface area contributed by atoms with Gasteiger partial charge in [0.25, 0.3) is 0 Å². The molecule has 8 heteroatoms. The van der Waals surface area contributed by atoms with Crippen LogP contribution in [-0.2, 0) is 16.0 Å². The predicted molar refractivity (Wildman–Crippen MR) is 107 cm³/mol. The fraction of sp³-hybridized carbons (Fsp3) is 0.550. The summed E-state index contributed by atoms with van der Waals surface area (Å²) >= 11 is 5.88. The lowest BCUT2D eigenvalue weighted by atomic mass is 10.0. The third-order valence-electron chi connectivity index (χ3n) is 4.45. The van der Waals surface area contributed by atoms with Gasteiger partial charge in [0, 0.05) is 24.5 Å². The van der Waals surface area contributed by atoms with Crippen LogP contribution in [0.4, 0.5) is 4.79 Å². The molecule has 1 fully saturated rings. The van der Waals surface area contributed by atoms with Crippen LogP contribution in [0, 0.1) is 17.2 Å². The Kier molecular flexibility index (Phi) is 8.55. The van der Waals surface area contributed by atoms with Crippen LogP contribution in [0.3, 0.4) is 0 Å². The van der Waals surface area contributed by atoms with Gasteiger partial charge in [-0.1, -0.05) is 37.6 Å². The molecular formula is C20H27ClN4O3. The second-order valence-corrected chi connectivity index (χ2v) is 7.69. The Balaban J connectivity index is 1.98. The summed E-state index contributed by atoms with van der Waals surface area (Å²) in [5, 5.41) is 15.6. The van der Waals surface area contributed by atoms with Gasteiger partial charge in [0.2, 0.25) is 5.91 Å². The van der Waals surface area contributed by atoms with E-state index < -0.39 is 12.1 Å². The summed E-state index contributed by atoms with van der Waals surface area (Å²) in [5.41, 5.74) is 0.897. The molecule has 1 aromatic carbocycles. The zero-order chi connectivity index (χ0) is 20.5. The van der Waals surface area contributed by atoms with Gasteiger partial charge in [-0.25, -0.2) is 4.79 Å². The monoisotopic (exact) mass is 406 g/mol. The second-order valence-electron chi connectivity index (χ2n) is 7.25. The second kappa shape index (κ2) is 10.9. The van der Waals surface area contributed by atoms with Crippen molar-refractivity contribution in [2.75, 3.05) is 26.3 Å². The minimum Gasteiger partial charge on any atom is -0.378 e. The molecular weight excluding hydrogens is 380 g/mol. The number of urea groups is 1. The van der Waals surface area contributed by atoms with Gasteiger partial charge in [-0.3, -0.25) is 4.79 Å². The maximum atomic E-state index is 12.8. The number of nitrogens with one attached hydrogen (secondary N) is 2. The topological polar surface area (TPSA) is 94.5 Å². The minimum atomic E-state index is -0.698. The zero-order valence-electron chi connectivity index (χ0n) is 16.3. The van der Waals surface area contributed by atoms with Crippen LogP contribution in [-0.4, -0.2) is 55.2 Å². The van der Waals surface area contributed by atoms with E-state index in [0.29, 0.717) is 44.2 Å². The molecule has 0 aromatic heterocycles. The maximum Gasteiger partial charge on any atom is 0.318 e. The van der Waals surface area contributed by atoms with Crippen molar-refractivity contribution in [3.05, 3.63) is 34.9 Å². The van der Waals surface area contributed by atoms with E-state index in [4.69, 9.17) is 16.3 Å². The Labute approximate surface area is 171 Å². The summed E-state index contributed by atoms with van der Waals surface area (Å²) in [6, 6.07) is 7.59. The standard InChI is InChI=1S/C20H27ClN4O3/c1-14(2)11-18(24-20(27)25-7-9-28-10-8-25)19(26)23-17(13-22)12-15-3-5-16(21)6-4-15/h3-6,14,17-18H,7-12H2,1-2H3,(H,23,26)(H,24,27)/t17-,18-/m0/s1. The van der Waals surface area contributed by atoms with Crippen molar-refractivity contribution in [3.8, 4) is 6.07 Å². The lowest BCUT2D eigenvalue weighted by Gasteiger charge is -2.29. The van der Waals surface area contributed by atoms with Gasteiger partial charge in [-0.2, -0.15) is 5.26 Å². The van der Waals surface area contributed by atoms with E-state index in [-0.39, 0.29) is 17.9 Å². The first-order chi connectivity index (χ1) is 13.4. The normalized spacial score (nSPS) is 16.2. The van der Waals surface area contributed by atoms with Crippen LogP contribution in [0.2, 0.25) is 5.02 Å².